The first-order valence-corrected chi connectivity index (χ1v) is 11.6. The second-order valence-electron chi connectivity index (χ2n) is 7.45. The normalized spacial score (nSPS) is 15.0. The van der Waals surface area contributed by atoms with Crippen LogP contribution in [0, 0.1) is 12.8 Å². The van der Waals surface area contributed by atoms with Crippen LogP contribution < -0.4 is 15.4 Å². The average molecular weight is 533 g/mol. The average Bonchev–Trinajstić information content (AvgIpc) is 3.03. The topological polar surface area (TPSA) is 98.4 Å². The number of rotatable bonds is 9. The predicted octanol–water partition coefficient (Wildman–Crippen LogP) is 2.52. The van der Waals surface area contributed by atoms with Crippen LogP contribution >= 0.6 is 24.0 Å². The van der Waals surface area contributed by atoms with Crippen LogP contribution in [0.1, 0.15) is 30.4 Å². The van der Waals surface area contributed by atoms with Gasteiger partial charge in [-0.15, -0.1) is 24.0 Å². The molecule has 1 aliphatic rings. The molecule has 1 aromatic heterocycles. The van der Waals surface area contributed by atoms with Gasteiger partial charge in [-0.2, -0.15) is 0 Å². The minimum atomic E-state index is -3.24. The number of H-pyrrole nitrogens is 1. The van der Waals surface area contributed by atoms with Gasteiger partial charge >= 0.3 is 0 Å². The summed E-state index contributed by atoms with van der Waals surface area (Å²) in [5.41, 5.74) is 3.67. The van der Waals surface area contributed by atoms with Gasteiger partial charge < -0.3 is 15.6 Å². The summed E-state index contributed by atoms with van der Waals surface area (Å²) in [7, 11) is -1.55. The number of nitrogens with one attached hydrogen (secondary N) is 4. The summed E-state index contributed by atoms with van der Waals surface area (Å²) in [4.78, 5) is 7.51. The number of hydrogen-bond acceptors (Lipinski definition) is 3. The van der Waals surface area contributed by atoms with Crippen LogP contribution in [0.5, 0.6) is 0 Å². The van der Waals surface area contributed by atoms with E-state index in [2.05, 4.69) is 56.7 Å². The molecule has 1 saturated carbocycles. The maximum atomic E-state index is 12.1. The van der Waals surface area contributed by atoms with E-state index in [0.717, 1.165) is 19.3 Å². The molecule has 3 rings (SSSR count). The van der Waals surface area contributed by atoms with E-state index in [1.807, 2.05) is 0 Å². The number of aromatic nitrogens is 1. The van der Waals surface area contributed by atoms with E-state index in [4.69, 9.17) is 0 Å². The second kappa shape index (κ2) is 11.2. The highest BCUT2D eigenvalue weighted by molar-refractivity contribution is 14.0. The fraction of sp³-hybridized carbons (Fsp3) is 0.550. The Hall–Kier alpha value is -1.33. The number of benzene rings is 1. The molecular formula is C20H32IN5O2S. The molecule has 0 unspecified atom stereocenters. The molecule has 1 fully saturated rings. The quantitative estimate of drug-likeness (QED) is 0.226. The minimum Gasteiger partial charge on any atom is -0.361 e. The fourth-order valence-electron chi connectivity index (χ4n) is 3.42. The zero-order valence-electron chi connectivity index (χ0n) is 17.1. The molecule has 29 heavy (non-hydrogen) atoms. The van der Waals surface area contributed by atoms with E-state index in [0.29, 0.717) is 31.5 Å². The van der Waals surface area contributed by atoms with Gasteiger partial charge in [0.05, 0.1) is 5.75 Å². The molecule has 0 aliphatic heterocycles. The summed E-state index contributed by atoms with van der Waals surface area (Å²) in [6, 6.07) is 6.30. The largest absolute Gasteiger partial charge is 0.361 e. The van der Waals surface area contributed by atoms with E-state index < -0.39 is 10.0 Å². The number of guanidine groups is 1. The van der Waals surface area contributed by atoms with Crippen LogP contribution in [0.15, 0.2) is 29.4 Å². The molecule has 0 radical (unpaired) electrons. The number of aromatic amines is 1. The van der Waals surface area contributed by atoms with Crippen LogP contribution in [0.2, 0.25) is 0 Å². The first-order valence-electron chi connectivity index (χ1n) is 9.96. The van der Waals surface area contributed by atoms with E-state index >= 15 is 0 Å². The molecule has 0 amide bonds. The fourth-order valence-corrected chi connectivity index (χ4v) is 4.43. The third kappa shape index (κ3) is 6.85. The first-order chi connectivity index (χ1) is 13.5. The molecule has 7 nitrogen and oxygen atoms in total. The monoisotopic (exact) mass is 533 g/mol. The van der Waals surface area contributed by atoms with Crippen molar-refractivity contribution in [1.82, 2.24) is 20.3 Å². The maximum Gasteiger partial charge on any atom is 0.213 e. The predicted molar refractivity (Wildman–Crippen MR) is 131 cm³/mol. The number of sulfonamides is 1. The lowest BCUT2D eigenvalue weighted by atomic mass is 9.86. The van der Waals surface area contributed by atoms with Gasteiger partial charge in [0.25, 0.3) is 0 Å². The third-order valence-corrected chi connectivity index (χ3v) is 6.75. The second-order valence-corrected chi connectivity index (χ2v) is 9.38. The van der Waals surface area contributed by atoms with Crippen LogP contribution in [-0.4, -0.2) is 51.8 Å². The number of halogens is 1. The Morgan fingerprint density at radius 1 is 1.24 bits per heavy atom. The van der Waals surface area contributed by atoms with Crippen molar-refractivity contribution >= 4 is 50.9 Å². The summed E-state index contributed by atoms with van der Waals surface area (Å²) >= 11 is 0. The van der Waals surface area contributed by atoms with Crippen LogP contribution in [0.4, 0.5) is 0 Å². The van der Waals surface area contributed by atoms with Gasteiger partial charge in [-0.3, -0.25) is 4.99 Å². The van der Waals surface area contributed by atoms with Crippen molar-refractivity contribution in [3.05, 3.63) is 35.5 Å². The van der Waals surface area contributed by atoms with E-state index in [9.17, 15) is 8.42 Å². The number of aryl methyl sites for hydroxylation is 1. The lowest BCUT2D eigenvalue weighted by Gasteiger charge is -2.25. The Bertz CT molecular complexity index is 922. The first kappa shape index (κ1) is 23.9. The van der Waals surface area contributed by atoms with Gasteiger partial charge in [0, 0.05) is 43.8 Å². The molecule has 4 N–H and O–H groups in total. The maximum absolute atomic E-state index is 12.1. The highest BCUT2D eigenvalue weighted by atomic mass is 127. The molecule has 1 aliphatic carbocycles. The van der Waals surface area contributed by atoms with E-state index in [1.54, 1.807) is 7.05 Å². The van der Waals surface area contributed by atoms with Crippen molar-refractivity contribution < 1.29 is 8.42 Å². The minimum absolute atomic E-state index is 0. The van der Waals surface area contributed by atoms with E-state index in [-0.39, 0.29) is 29.7 Å². The Morgan fingerprint density at radius 2 is 2.00 bits per heavy atom. The molecule has 162 valence electrons. The van der Waals surface area contributed by atoms with Gasteiger partial charge in [0.2, 0.25) is 10.0 Å². The molecule has 0 atom stereocenters. The Balaban J connectivity index is 0.00000300. The van der Waals surface area contributed by atoms with Gasteiger partial charge in [-0.05, 0) is 43.2 Å². The zero-order chi connectivity index (χ0) is 20.0. The molecule has 0 bridgehead atoms. The van der Waals surface area contributed by atoms with Crippen molar-refractivity contribution in [2.24, 2.45) is 10.9 Å². The SMILES string of the molecule is CN=C(NCCc1c[nH]c2c(C)cccc12)NCCS(=O)(=O)NCC1CCC1.I. The van der Waals surface area contributed by atoms with Gasteiger partial charge in [-0.25, -0.2) is 13.1 Å². The molecule has 1 aromatic carbocycles. The molecule has 9 heteroatoms. The molecule has 2 aromatic rings. The van der Waals surface area contributed by atoms with Gasteiger partial charge in [0.15, 0.2) is 5.96 Å². The lowest BCUT2D eigenvalue weighted by Crippen LogP contribution is -2.42. The summed E-state index contributed by atoms with van der Waals surface area (Å²) in [5, 5.41) is 7.57. The highest BCUT2D eigenvalue weighted by Gasteiger charge is 2.20. The zero-order valence-corrected chi connectivity index (χ0v) is 20.3. The summed E-state index contributed by atoms with van der Waals surface area (Å²) < 4.78 is 26.8. The van der Waals surface area contributed by atoms with Crippen molar-refractivity contribution in [3.8, 4) is 0 Å². The highest BCUT2D eigenvalue weighted by Crippen LogP contribution is 2.25. The summed E-state index contributed by atoms with van der Waals surface area (Å²) in [6.07, 6.45) is 6.38. The molecule has 0 spiro atoms. The lowest BCUT2D eigenvalue weighted by molar-refractivity contribution is 0.316. The number of para-hydroxylation sites is 1. The van der Waals surface area contributed by atoms with Crippen LogP contribution in [-0.2, 0) is 16.4 Å². The van der Waals surface area contributed by atoms with Crippen LogP contribution in [0.25, 0.3) is 10.9 Å². The number of hydrogen-bond donors (Lipinski definition) is 4. The number of nitrogens with zero attached hydrogens (tertiary/aromatic N) is 1. The smallest absolute Gasteiger partial charge is 0.213 e. The number of aliphatic imine (C=N–C) groups is 1. The molecular weight excluding hydrogens is 501 g/mol. The van der Waals surface area contributed by atoms with Crippen LogP contribution in [0.3, 0.4) is 0 Å². The van der Waals surface area contributed by atoms with E-state index in [1.165, 1.54) is 28.5 Å². The van der Waals surface area contributed by atoms with Crippen molar-refractivity contribution in [3.63, 3.8) is 0 Å². The van der Waals surface area contributed by atoms with Gasteiger partial charge in [0.1, 0.15) is 0 Å². The van der Waals surface area contributed by atoms with Crippen molar-refractivity contribution in [1.29, 1.82) is 0 Å². The van der Waals surface area contributed by atoms with Gasteiger partial charge in [-0.1, -0.05) is 24.6 Å². The third-order valence-electron chi connectivity index (χ3n) is 5.40. The summed E-state index contributed by atoms with van der Waals surface area (Å²) in [6.45, 7) is 3.71. The summed E-state index contributed by atoms with van der Waals surface area (Å²) in [5.74, 6) is 1.18. The molecule has 0 saturated heterocycles. The Kier molecular flexibility index (Phi) is 9.22. The number of fused-ring (bicyclic) bond motifs is 1. The Morgan fingerprint density at radius 3 is 2.69 bits per heavy atom. The van der Waals surface area contributed by atoms with Crippen molar-refractivity contribution in [2.75, 3.05) is 32.4 Å². The molecule has 1 heterocycles. The Labute approximate surface area is 190 Å². The standard InChI is InChI=1S/C20H31N5O2S.HI/c1-15-5-3-8-18-17(14-24-19(15)18)9-10-22-20(21-2)23-11-12-28(26,27)25-13-16-6-4-7-16;/h3,5,8,14,16,24-25H,4,6-7,9-13H2,1-2H3,(H2,21,22,23);1H. The van der Waals surface area contributed by atoms with Crippen molar-refractivity contribution in [2.45, 2.75) is 32.6 Å².